The summed E-state index contributed by atoms with van der Waals surface area (Å²) >= 11 is 0. The molecule has 1 amide bonds. The van der Waals surface area contributed by atoms with Gasteiger partial charge in [-0.25, -0.2) is 4.39 Å². The molecule has 3 rings (SSSR count). The summed E-state index contributed by atoms with van der Waals surface area (Å²) in [6.07, 6.45) is 7.76. The van der Waals surface area contributed by atoms with Gasteiger partial charge in [0.1, 0.15) is 5.75 Å². The first-order valence-corrected chi connectivity index (χ1v) is 8.97. The molecule has 1 saturated carbocycles. The van der Waals surface area contributed by atoms with E-state index in [1.807, 2.05) is 12.1 Å². The highest BCUT2D eigenvalue weighted by atomic mass is 19.1. The van der Waals surface area contributed by atoms with E-state index in [1.54, 1.807) is 6.07 Å². The van der Waals surface area contributed by atoms with Gasteiger partial charge >= 0.3 is 0 Å². The fourth-order valence-electron chi connectivity index (χ4n) is 3.42. The maximum Gasteiger partial charge on any atom is 0.251 e. The lowest BCUT2D eigenvalue weighted by Crippen LogP contribution is -2.17. The summed E-state index contributed by atoms with van der Waals surface area (Å²) in [5.41, 5.74) is 1.61. The average molecular weight is 341 g/mol. The first-order valence-electron chi connectivity index (χ1n) is 8.97. The van der Waals surface area contributed by atoms with Gasteiger partial charge in [-0.3, -0.25) is 4.79 Å². The fraction of sp³-hybridized carbons (Fsp3) is 0.381. The van der Waals surface area contributed by atoms with Gasteiger partial charge in [0.05, 0.1) is 0 Å². The summed E-state index contributed by atoms with van der Waals surface area (Å²) in [6.45, 7) is 0. The number of ether oxygens (including phenoxy) is 1. The maximum atomic E-state index is 14.1. The topological polar surface area (TPSA) is 38.3 Å². The zero-order valence-electron chi connectivity index (χ0n) is 14.6. The number of carbonyl (C=O) groups is 1. The molecule has 0 radical (unpaired) electrons. The number of amides is 1. The molecule has 25 heavy (non-hydrogen) atoms. The van der Waals surface area contributed by atoms with Gasteiger partial charge in [0.25, 0.3) is 5.91 Å². The molecular weight excluding hydrogens is 317 g/mol. The SMILES string of the molecule is CNC(=O)c1ccc(Oc2ccc(C3CCCCCC3)cc2)c(F)c1. The lowest BCUT2D eigenvalue weighted by molar-refractivity contribution is 0.0962. The standard InChI is InChI=1S/C21H24FNO2/c1-23-21(24)17-10-13-20(19(22)14-17)25-18-11-8-16(9-12-18)15-6-4-2-3-5-7-15/h8-15H,2-7H2,1H3,(H,23,24). The predicted molar refractivity (Wildman–Crippen MR) is 96.7 cm³/mol. The van der Waals surface area contributed by atoms with E-state index in [0.29, 0.717) is 11.7 Å². The van der Waals surface area contributed by atoms with E-state index in [-0.39, 0.29) is 17.2 Å². The number of nitrogens with one attached hydrogen (secondary N) is 1. The van der Waals surface area contributed by atoms with Crippen molar-refractivity contribution < 1.29 is 13.9 Å². The third-order valence-electron chi connectivity index (χ3n) is 4.86. The number of hydrogen-bond acceptors (Lipinski definition) is 2. The predicted octanol–water partition coefficient (Wildman–Crippen LogP) is 5.42. The molecule has 0 aliphatic heterocycles. The van der Waals surface area contributed by atoms with E-state index in [4.69, 9.17) is 4.74 Å². The van der Waals surface area contributed by atoms with Gasteiger partial charge in [0.2, 0.25) is 0 Å². The van der Waals surface area contributed by atoms with Crippen LogP contribution in [0.4, 0.5) is 4.39 Å². The van der Waals surface area contributed by atoms with E-state index in [9.17, 15) is 9.18 Å². The van der Waals surface area contributed by atoms with E-state index < -0.39 is 5.82 Å². The summed E-state index contributed by atoms with van der Waals surface area (Å²) in [5, 5.41) is 2.47. The van der Waals surface area contributed by atoms with E-state index >= 15 is 0 Å². The molecule has 1 N–H and O–H groups in total. The Balaban J connectivity index is 1.70. The second-order valence-electron chi connectivity index (χ2n) is 6.58. The third-order valence-corrected chi connectivity index (χ3v) is 4.86. The van der Waals surface area contributed by atoms with Crippen LogP contribution in [0.3, 0.4) is 0 Å². The molecule has 3 nitrogen and oxygen atoms in total. The Hall–Kier alpha value is -2.36. The number of carbonyl (C=O) groups excluding carboxylic acids is 1. The quantitative estimate of drug-likeness (QED) is 0.755. The number of halogens is 1. The van der Waals surface area contributed by atoms with E-state index in [2.05, 4.69) is 17.4 Å². The molecule has 0 saturated heterocycles. The highest BCUT2D eigenvalue weighted by Gasteiger charge is 2.15. The summed E-state index contributed by atoms with van der Waals surface area (Å²) in [7, 11) is 1.51. The Labute approximate surface area is 148 Å². The maximum absolute atomic E-state index is 14.1. The number of benzene rings is 2. The molecular formula is C21H24FNO2. The van der Waals surface area contributed by atoms with Crippen LogP contribution in [0.15, 0.2) is 42.5 Å². The molecule has 0 aromatic heterocycles. The van der Waals surface area contributed by atoms with Gasteiger partial charge in [-0.1, -0.05) is 37.8 Å². The summed E-state index contributed by atoms with van der Waals surface area (Å²) in [4.78, 5) is 11.5. The molecule has 1 aliphatic carbocycles. The van der Waals surface area contributed by atoms with Crippen LogP contribution in [0.25, 0.3) is 0 Å². The van der Waals surface area contributed by atoms with Crippen molar-refractivity contribution in [2.45, 2.75) is 44.4 Å². The molecule has 2 aromatic carbocycles. The Morgan fingerprint density at radius 3 is 2.32 bits per heavy atom. The van der Waals surface area contributed by atoms with Gasteiger partial charge in [-0.15, -0.1) is 0 Å². The molecule has 132 valence electrons. The molecule has 0 atom stereocenters. The first kappa shape index (κ1) is 17.5. The number of rotatable bonds is 4. The highest BCUT2D eigenvalue weighted by Crippen LogP contribution is 2.33. The van der Waals surface area contributed by atoms with Gasteiger partial charge in [-0.2, -0.15) is 0 Å². The van der Waals surface area contributed by atoms with Crippen LogP contribution < -0.4 is 10.1 Å². The van der Waals surface area contributed by atoms with Crippen LogP contribution in [0.1, 0.15) is 60.4 Å². The lowest BCUT2D eigenvalue weighted by atomic mass is 9.92. The molecule has 0 spiro atoms. The van der Waals surface area contributed by atoms with Crippen molar-refractivity contribution in [3.05, 3.63) is 59.4 Å². The zero-order valence-corrected chi connectivity index (χ0v) is 14.6. The molecule has 0 unspecified atom stereocenters. The van der Waals surface area contributed by atoms with Crippen LogP contribution in [0, 0.1) is 5.82 Å². The van der Waals surface area contributed by atoms with Gasteiger partial charge in [-0.05, 0) is 54.7 Å². The minimum atomic E-state index is -0.547. The summed E-state index contributed by atoms with van der Waals surface area (Å²) in [6, 6.07) is 12.2. The Morgan fingerprint density at radius 1 is 1.04 bits per heavy atom. The van der Waals surface area contributed by atoms with Crippen molar-refractivity contribution in [1.82, 2.24) is 5.32 Å². The first-order chi connectivity index (χ1) is 12.2. The van der Waals surface area contributed by atoms with Crippen molar-refractivity contribution in [3.8, 4) is 11.5 Å². The van der Waals surface area contributed by atoms with Crippen LogP contribution in [-0.4, -0.2) is 13.0 Å². The monoisotopic (exact) mass is 341 g/mol. The van der Waals surface area contributed by atoms with Crippen molar-refractivity contribution in [3.63, 3.8) is 0 Å². The van der Waals surface area contributed by atoms with Crippen molar-refractivity contribution >= 4 is 5.91 Å². The molecule has 1 fully saturated rings. The van der Waals surface area contributed by atoms with E-state index in [0.717, 1.165) is 0 Å². The average Bonchev–Trinajstić information content (AvgIpc) is 2.93. The van der Waals surface area contributed by atoms with Gasteiger partial charge < -0.3 is 10.1 Å². The molecule has 4 heteroatoms. The Morgan fingerprint density at radius 2 is 1.72 bits per heavy atom. The van der Waals surface area contributed by atoms with Crippen LogP contribution in [0.5, 0.6) is 11.5 Å². The van der Waals surface area contributed by atoms with Crippen LogP contribution in [-0.2, 0) is 0 Å². The second kappa shape index (κ2) is 8.15. The third kappa shape index (κ3) is 4.38. The van der Waals surface area contributed by atoms with Gasteiger partial charge in [0, 0.05) is 12.6 Å². The second-order valence-corrected chi connectivity index (χ2v) is 6.58. The minimum Gasteiger partial charge on any atom is -0.454 e. The van der Waals surface area contributed by atoms with Crippen molar-refractivity contribution in [2.75, 3.05) is 7.05 Å². The van der Waals surface area contributed by atoms with Crippen LogP contribution >= 0.6 is 0 Å². The summed E-state index contributed by atoms with van der Waals surface area (Å²) in [5.74, 6) is 0.478. The zero-order chi connectivity index (χ0) is 17.6. The fourth-order valence-corrected chi connectivity index (χ4v) is 3.42. The van der Waals surface area contributed by atoms with Crippen molar-refractivity contribution in [1.29, 1.82) is 0 Å². The minimum absolute atomic E-state index is 0.120. The largest absolute Gasteiger partial charge is 0.454 e. The highest BCUT2D eigenvalue weighted by molar-refractivity contribution is 5.94. The molecule has 2 aromatic rings. The number of hydrogen-bond donors (Lipinski definition) is 1. The molecule has 0 bridgehead atoms. The van der Waals surface area contributed by atoms with Crippen LogP contribution in [0.2, 0.25) is 0 Å². The molecule has 1 aliphatic rings. The smallest absolute Gasteiger partial charge is 0.251 e. The van der Waals surface area contributed by atoms with Gasteiger partial charge in [0.15, 0.2) is 11.6 Å². The molecule has 0 heterocycles. The Kier molecular flexibility index (Phi) is 5.69. The van der Waals surface area contributed by atoms with Crippen molar-refractivity contribution in [2.24, 2.45) is 0 Å². The Bertz CT molecular complexity index is 719. The summed E-state index contributed by atoms with van der Waals surface area (Å²) < 4.78 is 19.8. The lowest BCUT2D eigenvalue weighted by Gasteiger charge is -2.15. The normalized spacial score (nSPS) is 15.4. The van der Waals surface area contributed by atoms with E-state index in [1.165, 1.54) is 63.3 Å².